The number of nitrogens with zero attached hydrogens (tertiary/aromatic N) is 2. The van der Waals surface area contributed by atoms with Gasteiger partial charge >= 0.3 is 0 Å². The number of rotatable bonds is 4. The van der Waals surface area contributed by atoms with Gasteiger partial charge in [0.15, 0.2) is 0 Å². The highest BCUT2D eigenvalue weighted by Crippen LogP contribution is 2.27. The van der Waals surface area contributed by atoms with Crippen LogP contribution in [0.25, 0.3) is 0 Å². The van der Waals surface area contributed by atoms with E-state index in [1.807, 2.05) is 6.07 Å². The maximum Gasteiger partial charge on any atom is 0.265 e. The van der Waals surface area contributed by atoms with Crippen molar-refractivity contribution in [1.29, 1.82) is 0 Å². The summed E-state index contributed by atoms with van der Waals surface area (Å²) >= 11 is 11.5. The monoisotopic (exact) mass is 330 g/mol. The van der Waals surface area contributed by atoms with Gasteiger partial charge in [0.25, 0.3) is 10.0 Å². The van der Waals surface area contributed by atoms with Crippen LogP contribution in [-0.2, 0) is 10.0 Å². The summed E-state index contributed by atoms with van der Waals surface area (Å²) in [5.74, 6) is 0. The van der Waals surface area contributed by atoms with E-state index in [9.17, 15) is 8.42 Å². The Labute approximate surface area is 128 Å². The molecule has 20 heavy (non-hydrogen) atoms. The van der Waals surface area contributed by atoms with E-state index in [0.29, 0.717) is 12.2 Å². The van der Waals surface area contributed by atoms with Gasteiger partial charge in [0, 0.05) is 12.7 Å². The molecule has 7 heteroatoms. The van der Waals surface area contributed by atoms with E-state index in [-0.39, 0.29) is 15.1 Å². The minimum Gasteiger partial charge on any atom is -0.267 e. The molecule has 4 nitrogen and oxygen atoms in total. The molecule has 0 spiro atoms. The Bertz CT molecular complexity index is 706. The fourth-order valence-corrected chi connectivity index (χ4v) is 3.54. The van der Waals surface area contributed by atoms with Gasteiger partial charge in [-0.25, -0.2) is 13.4 Å². The Morgan fingerprint density at radius 2 is 1.85 bits per heavy atom. The third-order valence-corrected chi connectivity index (χ3v) is 5.24. The average Bonchev–Trinajstić information content (AvgIpc) is 2.43. The second kappa shape index (κ2) is 5.99. The Morgan fingerprint density at radius 3 is 2.40 bits per heavy atom. The molecule has 1 aromatic heterocycles. The largest absolute Gasteiger partial charge is 0.267 e. The molecular weight excluding hydrogens is 319 g/mol. The summed E-state index contributed by atoms with van der Waals surface area (Å²) in [6.45, 7) is 2.06. The molecule has 0 N–H and O–H groups in total. The molecular formula is C13H12Cl2N2O2S. The van der Waals surface area contributed by atoms with E-state index < -0.39 is 10.0 Å². The van der Waals surface area contributed by atoms with Crippen LogP contribution in [0.3, 0.4) is 0 Å². The molecule has 0 radical (unpaired) electrons. The molecule has 0 atom stereocenters. The molecule has 0 saturated heterocycles. The number of anilines is 1. The lowest BCUT2D eigenvalue weighted by Gasteiger charge is -2.22. The van der Waals surface area contributed by atoms with Crippen LogP contribution in [0, 0.1) is 0 Å². The SMILES string of the molecule is CCN(c1ccccc1)S(=O)(=O)c1cnc(Cl)c(Cl)c1. The second-order valence-corrected chi connectivity index (χ2v) is 6.58. The van der Waals surface area contributed by atoms with Crippen molar-refractivity contribution in [2.75, 3.05) is 10.8 Å². The van der Waals surface area contributed by atoms with Gasteiger partial charge < -0.3 is 0 Å². The zero-order chi connectivity index (χ0) is 14.8. The van der Waals surface area contributed by atoms with Crippen molar-refractivity contribution in [3.63, 3.8) is 0 Å². The molecule has 0 aliphatic carbocycles. The van der Waals surface area contributed by atoms with Gasteiger partial charge in [-0.15, -0.1) is 0 Å². The van der Waals surface area contributed by atoms with E-state index in [1.54, 1.807) is 31.2 Å². The number of benzene rings is 1. The average molecular weight is 331 g/mol. The summed E-state index contributed by atoms with van der Waals surface area (Å²) in [6.07, 6.45) is 1.20. The third-order valence-electron chi connectivity index (χ3n) is 2.69. The number of halogens is 2. The zero-order valence-corrected chi connectivity index (χ0v) is 13.0. The number of sulfonamides is 1. The molecule has 0 saturated carbocycles. The lowest BCUT2D eigenvalue weighted by atomic mass is 10.3. The van der Waals surface area contributed by atoms with Gasteiger partial charge in [0.2, 0.25) is 0 Å². The quantitative estimate of drug-likeness (QED) is 0.804. The first-order valence-corrected chi connectivity index (χ1v) is 8.05. The zero-order valence-electron chi connectivity index (χ0n) is 10.6. The van der Waals surface area contributed by atoms with Crippen molar-refractivity contribution in [3.8, 4) is 0 Å². The molecule has 0 aliphatic rings. The van der Waals surface area contributed by atoms with Crippen molar-refractivity contribution in [2.24, 2.45) is 0 Å². The maximum absolute atomic E-state index is 12.6. The van der Waals surface area contributed by atoms with E-state index >= 15 is 0 Å². The summed E-state index contributed by atoms with van der Waals surface area (Å²) in [4.78, 5) is 3.79. The van der Waals surface area contributed by atoms with Crippen LogP contribution in [0.15, 0.2) is 47.5 Å². The highest BCUT2D eigenvalue weighted by molar-refractivity contribution is 7.92. The predicted molar refractivity (Wildman–Crippen MR) is 80.9 cm³/mol. The highest BCUT2D eigenvalue weighted by atomic mass is 35.5. The van der Waals surface area contributed by atoms with Crippen molar-refractivity contribution in [2.45, 2.75) is 11.8 Å². The molecule has 2 aromatic rings. The van der Waals surface area contributed by atoms with Gasteiger partial charge in [-0.05, 0) is 25.1 Å². The minimum atomic E-state index is -3.72. The topological polar surface area (TPSA) is 50.3 Å². The van der Waals surface area contributed by atoms with Crippen LogP contribution in [0.1, 0.15) is 6.92 Å². The summed E-state index contributed by atoms with van der Waals surface area (Å²) in [5.41, 5.74) is 0.584. The Morgan fingerprint density at radius 1 is 1.20 bits per heavy atom. The molecule has 0 amide bonds. The van der Waals surface area contributed by atoms with Crippen LogP contribution in [0.4, 0.5) is 5.69 Å². The van der Waals surface area contributed by atoms with E-state index in [1.165, 1.54) is 16.6 Å². The van der Waals surface area contributed by atoms with Crippen molar-refractivity contribution < 1.29 is 8.42 Å². The van der Waals surface area contributed by atoms with Crippen LogP contribution in [0.5, 0.6) is 0 Å². The molecule has 0 aliphatic heterocycles. The van der Waals surface area contributed by atoms with Gasteiger partial charge in [-0.1, -0.05) is 41.4 Å². The van der Waals surface area contributed by atoms with Crippen LogP contribution in [-0.4, -0.2) is 19.9 Å². The van der Waals surface area contributed by atoms with Crippen molar-refractivity contribution >= 4 is 38.9 Å². The van der Waals surface area contributed by atoms with E-state index in [0.717, 1.165) is 0 Å². The molecule has 1 heterocycles. The Balaban J connectivity index is 2.50. The molecule has 0 fully saturated rings. The normalized spacial score (nSPS) is 11.3. The first kappa shape index (κ1) is 15.1. The summed E-state index contributed by atoms with van der Waals surface area (Å²) in [5, 5.41) is 0.185. The predicted octanol–water partition coefficient (Wildman–Crippen LogP) is 3.60. The molecule has 0 bridgehead atoms. The smallest absolute Gasteiger partial charge is 0.265 e. The van der Waals surface area contributed by atoms with Crippen LogP contribution in [0.2, 0.25) is 10.2 Å². The van der Waals surface area contributed by atoms with Gasteiger partial charge in [-0.3, -0.25) is 4.31 Å². The first-order valence-electron chi connectivity index (χ1n) is 5.85. The fourth-order valence-electron chi connectivity index (χ4n) is 1.76. The van der Waals surface area contributed by atoms with Gasteiger partial charge in [-0.2, -0.15) is 0 Å². The minimum absolute atomic E-state index is 0.0117. The van der Waals surface area contributed by atoms with E-state index in [4.69, 9.17) is 23.2 Å². The summed E-state index contributed by atoms with van der Waals surface area (Å²) < 4.78 is 26.5. The fraction of sp³-hybridized carbons (Fsp3) is 0.154. The Kier molecular flexibility index (Phi) is 4.52. The molecule has 2 rings (SSSR count). The van der Waals surface area contributed by atoms with Crippen LogP contribution < -0.4 is 4.31 Å². The molecule has 0 unspecified atom stereocenters. The highest BCUT2D eigenvalue weighted by Gasteiger charge is 2.24. The maximum atomic E-state index is 12.6. The first-order chi connectivity index (χ1) is 9.46. The second-order valence-electron chi connectivity index (χ2n) is 3.95. The lowest BCUT2D eigenvalue weighted by molar-refractivity contribution is 0.591. The Hall–Kier alpha value is -1.30. The van der Waals surface area contributed by atoms with Gasteiger partial charge in [0.1, 0.15) is 10.0 Å². The molecule has 1 aromatic carbocycles. The summed E-state index contributed by atoms with van der Waals surface area (Å²) in [7, 11) is -3.72. The molecule has 106 valence electrons. The van der Waals surface area contributed by atoms with Gasteiger partial charge in [0.05, 0.1) is 10.7 Å². The van der Waals surface area contributed by atoms with Crippen molar-refractivity contribution in [3.05, 3.63) is 52.8 Å². The van der Waals surface area contributed by atoms with E-state index in [2.05, 4.69) is 4.98 Å². The number of pyridine rings is 1. The number of hydrogen-bond acceptors (Lipinski definition) is 3. The number of aromatic nitrogens is 1. The van der Waals surface area contributed by atoms with Crippen LogP contribution >= 0.6 is 23.2 Å². The third kappa shape index (κ3) is 2.90. The standard InChI is InChI=1S/C13H12Cl2N2O2S/c1-2-17(10-6-4-3-5-7-10)20(18,19)11-8-12(14)13(15)16-9-11/h3-9H,2H2,1H3. The lowest BCUT2D eigenvalue weighted by Crippen LogP contribution is -2.30. The number of para-hydroxylation sites is 1. The number of hydrogen-bond donors (Lipinski definition) is 0. The van der Waals surface area contributed by atoms with Crippen molar-refractivity contribution in [1.82, 2.24) is 4.98 Å². The summed E-state index contributed by atoms with van der Waals surface area (Å²) in [6, 6.07) is 10.1.